The molecule has 3 heterocycles. The van der Waals surface area contributed by atoms with Crippen molar-refractivity contribution >= 4 is 5.82 Å². The van der Waals surface area contributed by atoms with Gasteiger partial charge in [0.15, 0.2) is 5.82 Å². The van der Waals surface area contributed by atoms with E-state index in [1.807, 2.05) is 4.57 Å². The Kier molecular flexibility index (Phi) is 4.00. The topological polar surface area (TPSA) is 55.6 Å². The van der Waals surface area contributed by atoms with E-state index in [1.165, 1.54) is 0 Å². The lowest BCUT2D eigenvalue weighted by Gasteiger charge is -2.10. The van der Waals surface area contributed by atoms with Crippen LogP contribution in [0.1, 0.15) is 36.5 Å². The quantitative estimate of drug-likeness (QED) is 0.946. The summed E-state index contributed by atoms with van der Waals surface area (Å²) in [5.74, 6) is 1.86. The van der Waals surface area contributed by atoms with Gasteiger partial charge in [0.2, 0.25) is 0 Å². The van der Waals surface area contributed by atoms with Crippen LogP contribution >= 0.6 is 0 Å². The molecule has 0 atom stereocenters. The first-order chi connectivity index (χ1) is 10.5. The summed E-state index contributed by atoms with van der Waals surface area (Å²) in [5, 5.41) is 11.2. The molecule has 0 bridgehead atoms. The van der Waals surface area contributed by atoms with Gasteiger partial charge in [0.1, 0.15) is 11.6 Å². The first-order valence-corrected chi connectivity index (χ1v) is 7.22. The van der Waals surface area contributed by atoms with E-state index in [9.17, 15) is 13.2 Å². The number of hydrogen-bond donors (Lipinski definition) is 1. The molecule has 22 heavy (non-hydrogen) atoms. The highest BCUT2D eigenvalue weighted by molar-refractivity contribution is 5.38. The van der Waals surface area contributed by atoms with Crippen molar-refractivity contribution in [3.63, 3.8) is 0 Å². The maximum absolute atomic E-state index is 12.7. The lowest BCUT2D eigenvalue weighted by Crippen LogP contribution is -2.12. The summed E-state index contributed by atoms with van der Waals surface area (Å²) in [4.78, 5) is 3.91. The second-order valence-corrected chi connectivity index (χ2v) is 5.28. The Morgan fingerprint density at radius 2 is 2.05 bits per heavy atom. The second kappa shape index (κ2) is 5.94. The van der Waals surface area contributed by atoms with Crippen LogP contribution in [0.2, 0.25) is 0 Å². The SMILES string of the molecule is FC(F)(F)c1ccnc(NCc2nnc3n2CCCCC3)c1. The third-order valence-electron chi connectivity index (χ3n) is 3.70. The van der Waals surface area contributed by atoms with Crippen molar-refractivity contribution in [2.24, 2.45) is 0 Å². The number of aromatic nitrogens is 4. The lowest BCUT2D eigenvalue weighted by molar-refractivity contribution is -0.137. The molecular weight excluding hydrogens is 295 g/mol. The fraction of sp³-hybridized carbons (Fsp3) is 0.500. The number of anilines is 1. The van der Waals surface area contributed by atoms with Gasteiger partial charge < -0.3 is 9.88 Å². The predicted octanol–water partition coefficient (Wildman–Crippen LogP) is 3.03. The molecular formula is C14H16F3N5. The highest BCUT2D eigenvalue weighted by atomic mass is 19.4. The highest BCUT2D eigenvalue weighted by Crippen LogP contribution is 2.30. The summed E-state index contributed by atoms with van der Waals surface area (Å²) in [6, 6.07) is 1.95. The zero-order valence-corrected chi connectivity index (χ0v) is 11.9. The summed E-state index contributed by atoms with van der Waals surface area (Å²) in [6.07, 6.45) is 1.00. The monoisotopic (exact) mass is 311 g/mol. The van der Waals surface area contributed by atoms with E-state index in [0.717, 1.165) is 62.2 Å². The number of halogens is 3. The summed E-state index contributed by atoms with van der Waals surface area (Å²) >= 11 is 0. The van der Waals surface area contributed by atoms with Gasteiger partial charge in [0.05, 0.1) is 12.1 Å². The van der Waals surface area contributed by atoms with E-state index in [1.54, 1.807) is 0 Å². The van der Waals surface area contributed by atoms with Crippen LogP contribution in [0.3, 0.4) is 0 Å². The smallest absolute Gasteiger partial charge is 0.363 e. The molecule has 2 aromatic heterocycles. The predicted molar refractivity (Wildman–Crippen MR) is 74.1 cm³/mol. The van der Waals surface area contributed by atoms with Crippen molar-refractivity contribution in [3.05, 3.63) is 35.5 Å². The summed E-state index contributed by atoms with van der Waals surface area (Å²) in [7, 11) is 0. The van der Waals surface area contributed by atoms with Crippen LogP contribution in [-0.4, -0.2) is 19.7 Å². The van der Waals surface area contributed by atoms with Crippen LogP contribution in [0, 0.1) is 0 Å². The van der Waals surface area contributed by atoms with Crippen molar-refractivity contribution in [2.75, 3.05) is 5.32 Å². The molecule has 1 N–H and O–H groups in total. The molecule has 0 aromatic carbocycles. The Labute approximate surface area is 125 Å². The third-order valence-corrected chi connectivity index (χ3v) is 3.70. The maximum atomic E-state index is 12.7. The van der Waals surface area contributed by atoms with E-state index in [0.29, 0.717) is 6.54 Å². The molecule has 0 radical (unpaired) electrons. The first-order valence-electron chi connectivity index (χ1n) is 7.22. The Hall–Kier alpha value is -2.12. The Bertz CT molecular complexity index is 650. The molecule has 0 unspecified atom stereocenters. The van der Waals surface area contributed by atoms with Crippen LogP contribution in [-0.2, 0) is 25.7 Å². The Morgan fingerprint density at radius 3 is 2.86 bits per heavy atom. The molecule has 0 fully saturated rings. The molecule has 2 aromatic rings. The van der Waals surface area contributed by atoms with E-state index in [2.05, 4.69) is 20.5 Å². The molecule has 118 valence electrons. The minimum atomic E-state index is -4.37. The molecule has 1 aliphatic heterocycles. The van der Waals surface area contributed by atoms with Crippen LogP contribution in [0.25, 0.3) is 0 Å². The molecule has 0 spiro atoms. The summed E-state index contributed by atoms with van der Waals surface area (Å²) in [6.45, 7) is 1.16. The van der Waals surface area contributed by atoms with Crippen molar-refractivity contribution in [1.82, 2.24) is 19.7 Å². The number of rotatable bonds is 3. The van der Waals surface area contributed by atoms with Crippen molar-refractivity contribution in [2.45, 2.75) is 44.9 Å². The minimum absolute atomic E-state index is 0.181. The molecule has 5 nitrogen and oxygen atoms in total. The molecule has 8 heteroatoms. The van der Waals surface area contributed by atoms with Crippen LogP contribution in [0.5, 0.6) is 0 Å². The lowest BCUT2D eigenvalue weighted by atomic mass is 10.2. The largest absolute Gasteiger partial charge is 0.416 e. The van der Waals surface area contributed by atoms with Gasteiger partial charge in [-0.05, 0) is 25.0 Å². The molecule has 3 rings (SSSR count). The minimum Gasteiger partial charge on any atom is -0.363 e. The zero-order chi connectivity index (χ0) is 15.6. The number of hydrogen-bond acceptors (Lipinski definition) is 4. The van der Waals surface area contributed by atoms with Crippen molar-refractivity contribution < 1.29 is 13.2 Å². The number of fused-ring (bicyclic) bond motifs is 1. The van der Waals surface area contributed by atoms with Crippen LogP contribution < -0.4 is 5.32 Å². The molecule has 0 saturated carbocycles. The zero-order valence-electron chi connectivity index (χ0n) is 11.9. The van der Waals surface area contributed by atoms with E-state index in [-0.39, 0.29) is 5.82 Å². The third kappa shape index (κ3) is 3.20. The fourth-order valence-corrected chi connectivity index (χ4v) is 2.55. The van der Waals surface area contributed by atoms with Gasteiger partial charge in [0, 0.05) is 19.2 Å². The average Bonchev–Trinajstić information content (AvgIpc) is 2.72. The molecule has 0 aliphatic carbocycles. The molecule has 1 aliphatic rings. The summed E-state index contributed by atoms with van der Waals surface area (Å²) in [5.41, 5.74) is -0.718. The van der Waals surface area contributed by atoms with E-state index < -0.39 is 11.7 Å². The van der Waals surface area contributed by atoms with Crippen LogP contribution in [0.15, 0.2) is 18.3 Å². The number of nitrogens with zero attached hydrogens (tertiary/aromatic N) is 4. The van der Waals surface area contributed by atoms with Gasteiger partial charge >= 0.3 is 6.18 Å². The number of nitrogens with one attached hydrogen (secondary N) is 1. The van der Waals surface area contributed by atoms with E-state index >= 15 is 0 Å². The Balaban J connectivity index is 1.72. The van der Waals surface area contributed by atoms with Crippen LogP contribution in [0.4, 0.5) is 19.0 Å². The molecule has 0 amide bonds. The average molecular weight is 311 g/mol. The number of alkyl halides is 3. The highest BCUT2D eigenvalue weighted by Gasteiger charge is 2.30. The number of aryl methyl sites for hydroxylation is 1. The van der Waals surface area contributed by atoms with Crippen molar-refractivity contribution in [1.29, 1.82) is 0 Å². The van der Waals surface area contributed by atoms with Gasteiger partial charge in [-0.25, -0.2) is 4.98 Å². The van der Waals surface area contributed by atoms with Gasteiger partial charge in [-0.1, -0.05) is 6.42 Å². The number of pyridine rings is 1. The van der Waals surface area contributed by atoms with Gasteiger partial charge in [-0.2, -0.15) is 13.2 Å². The first kappa shape index (κ1) is 14.8. The fourth-order valence-electron chi connectivity index (χ4n) is 2.55. The van der Waals surface area contributed by atoms with Gasteiger partial charge in [-0.3, -0.25) is 0 Å². The maximum Gasteiger partial charge on any atom is 0.416 e. The van der Waals surface area contributed by atoms with Gasteiger partial charge in [0.25, 0.3) is 0 Å². The Morgan fingerprint density at radius 1 is 1.18 bits per heavy atom. The normalized spacial score (nSPS) is 15.2. The van der Waals surface area contributed by atoms with Crippen molar-refractivity contribution in [3.8, 4) is 0 Å². The second-order valence-electron chi connectivity index (χ2n) is 5.28. The summed E-state index contributed by atoms with van der Waals surface area (Å²) < 4.78 is 40.1. The van der Waals surface area contributed by atoms with E-state index in [4.69, 9.17) is 0 Å². The molecule has 0 saturated heterocycles. The van der Waals surface area contributed by atoms with Gasteiger partial charge in [-0.15, -0.1) is 10.2 Å². The standard InChI is InChI=1S/C14H16F3N5/c15-14(16,17)10-5-6-18-11(8-10)19-9-13-21-20-12-4-2-1-3-7-22(12)13/h5-6,8H,1-4,7,9H2,(H,18,19).